The Morgan fingerprint density at radius 3 is 2.71 bits per heavy atom. The first-order valence-electron chi connectivity index (χ1n) is 11.5. The number of rotatable bonds is 5. The van der Waals surface area contributed by atoms with E-state index in [0.29, 0.717) is 25.2 Å². The van der Waals surface area contributed by atoms with Gasteiger partial charge in [0.1, 0.15) is 0 Å². The second-order valence-electron chi connectivity index (χ2n) is 8.87. The molecule has 4 rings (SSSR count). The van der Waals surface area contributed by atoms with Crippen molar-refractivity contribution in [2.24, 2.45) is 5.92 Å². The van der Waals surface area contributed by atoms with Gasteiger partial charge in [-0.05, 0) is 61.6 Å². The Morgan fingerprint density at radius 1 is 1.20 bits per heavy atom. The first kappa shape index (κ1) is 24.5. The van der Waals surface area contributed by atoms with Crippen LogP contribution in [0.5, 0.6) is 0 Å². The quantitative estimate of drug-likeness (QED) is 0.491. The number of likely N-dealkylation sites (tertiary alicyclic amines) is 1. The number of benzene rings is 2. The van der Waals surface area contributed by atoms with Gasteiger partial charge in [0.2, 0.25) is 11.9 Å². The molecule has 1 aliphatic rings. The van der Waals surface area contributed by atoms with E-state index < -0.39 is 17.6 Å². The van der Waals surface area contributed by atoms with Crippen LogP contribution in [0.25, 0.3) is 11.0 Å². The summed E-state index contributed by atoms with van der Waals surface area (Å²) in [6.07, 6.45) is -0.468. The van der Waals surface area contributed by atoms with Crippen molar-refractivity contribution < 1.29 is 22.8 Å². The highest BCUT2D eigenvalue weighted by Crippen LogP contribution is 2.30. The molecule has 1 aliphatic heterocycles. The van der Waals surface area contributed by atoms with Gasteiger partial charge in [-0.25, -0.2) is 4.98 Å². The minimum atomic E-state index is -4.55. The minimum absolute atomic E-state index is 0.104. The standard InChI is InChI=1S/C26H27F3N4O2/c1-3-22(34)32-13-5-4-9-18(15-32)16-33-23-17(2)8-6-12-21(23)30-25(33)31-24(35)19-10-7-11-20(14-19)26(27,28)29/h3,6-8,10-12,14,18H,1,4-5,9,13,15-16H2,2H3,(H,30,31,35)/t18-/m1/s1. The van der Waals surface area contributed by atoms with Crippen LogP contribution in [0.4, 0.5) is 19.1 Å². The SMILES string of the molecule is C=CC(=O)N1CCCC[C@@H](Cn2c(NC(=O)c3cccc(C(F)(F)F)c3)nc3cccc(C)c32)C1. The Kier molecular flexibility index (Phi) is 6.95. The number of carbonyl (C=O) groups excluding carboxylic acids is 2. The van der Waals surface area contributed by atoms with Gasteiger partial charge in [-0.15, -0.1) is 0 Å². The third-order valence-electron chi connectivity index (χ3n) is 6.34. The molecule has 0 bridgehead atoms. The van der Waals surface area contributed by atoms with Crippen LogP contribution < -0.4 is 5.32 Å². The molecule has 0 aliphatic carbocycles. The summed E-state index contributed by atoms with van der Waals surface area (Å²) in [4.78, 5) is 31.6. The van der Waals surface area contributed by atoms with Crippen molar-refractivity contribution in [3.63, 3.8) is 0 Å². The molecule has 1 fully saturated rings. The molecule has 1 atom stereocenters. The van der Waals surface area contributed by atoms with Gasteiger partial charge in [-0.2, -0.15) is 13.2 Å². The van der Waals surface area contributed by atoms with E-state index in [1.165, 1.54) is 18.2 Å². The second kappa shape index (κ2) is 9.93. The van der Waals surface area contributed by atoms with Crippen molar-refractivity contribution in [3.8, 4) is 0 Å². The number of hydrogen-bond acceptors (Lipinski definition) is 3. The molecule has 35 heavy (non-hydrogen) atoms. The van der Waals surface area contributed by atoms with Crippen molar-refractivity contribution >= 4 is 28.8 Å². The zero-order chi connectivity index (χ0) is 25.2. The maximum Gasteiger partial charge on any atom is 0.416 e. The Labute approximate surface area is 201 Å². The zero-order valence-corrected chi connectivity index (χ0v) is 19.4. The largest absolute Gasteiger partial charge is 0.416 e. The van der Waals surface area contributed by atoms with Crippen molar-refractivity contribution in [2.45, 2.75) is 38.9 Å². The maximum atomic E-state index is 13.1. The van der Waals surface area contributed by atoms with Gasteiger partial charge in [-0.1, -0.05) is 31.2 Å². The van der Waals surface area contributed by atoms with Crippen LogP contribution in [-0.2, 0) is 17.5 Å². The maximum absolute atomic E-state index is 13.1. The molecule has 1 saturated heterocycles. The van der Waals surface area contributed by atoms with Crippen LogP contribution in [0.2, 0.25) is 0 Å². The van der Waals surface area contributed by atoms with Crippen molar-refractivity contribution in [1.29, 1.82) is 0 Å². The van der Waals surface area contributed by atoms with Gasteiger partial charge in [0.25, 0.3) is 5.91 Å². The number of fused-ring (bicyclic) bond motifs is 1. The number of nitrogens with one attached hydrogen (secondary N) is 1. The highest BCUT2D eigenvalue weighted by Gasteiger charge is 2.31. The molecule has 1 N–H and O–H groups in total. The molecule has 2 aromatic carbocycles. The monoisotopic (exact) mass is 484 g/mol. The number of anilines is 1. The third kappa shape index (κ3) is 5.39. The van der Waals surface area contributed by atoms with Crippen molar-refractivity contribution in [2.75, 3.05) is 18.4 Å². The molecule has 6 nitrogen and oxygen atoms in total. The average Bonchev–Trinajstić information content (AvgIpc) is 3.00. The molecule has 184 valence electrons. The fourth-order valence-electron chi connectivity index (χ4n) is 4.62. The summed E-state index contributed by atoms with van der Waals surface area (Å²) in [5, 5.41) is 2.72. The first-order valence-corrected chi connectivity index (χ1v) is 11.5. The molecule has 0 unspecified atom stereocenters. The topological polar surface area (TPSA) is 67.2 Å². The van der Waals surface area contributed by atoms with Gasteiger partial charge < -0.3 is 9.47 Å². The predicted octanol–water partition coefficient (Wildman–Crippen LogP) is 5.43. The number of hydrogen-bond donors (Lipinski definition) is 1. The molecule has 3 aromatic rings. The van der Waals surface area contributed by atoms with E-state index in [9.17, 15) is 22.8 Å². The summed E-state index contributed by atoms with van der Waals surface area (Å²) < 4.78 is 41.3. The molecular formula is C26H27F3N4O2. The number of imidazole rings is 1. The van der Waals surface area contributed by atoms with E-state index in [4.69, 9.17) is 0 Å². The molecular weight excluding hydrogens is 457 g/mol. The van der Waals surface area contributed by atoms with E-state index in [-0.39, 0.29) is 23.3 Å². The Bertz CT molecular complexity index is 1270. The number of nitrogens with zero attached hydrogens (tertiary/aromatic N) is 3. The molecule has 0 radical (unpaired) electrons. The molecule has 2 amide bonds. The first-order chi connectivity index (χ1) is 16.7. The molecule has 0 saturated carbocycles. The number of halogens is 3. The summed E-state index contributed by atoms with van der Waals surface area (Å²) in [7, 11) is 0. The lowest BCUT2D eigenvalue weighted by atomic mass is 10.0. The smallest absolute Gasteiger partial charge is 0.339 e. The third-order valence-corrected chi connectivity index (χ3v) is 6.34. The van der Waals surface area contributed by atoms with Gasteiger partial charge in [0, 0.05) is 25.2 Å². The van der Waals surface area contributed by atoms with Crippen molar-refractivity contribution in [3.05, 3.63) is 71.8 Å². The lowest BCUT2D eigenvalue weighted by molar-refractivity contribution is -0.137. The van der Waals surface area contributed by atoms with E-state index in [1.54, 1.807) is 4.90 Å². The number of para-hydroxylation sites is 1. The lowest BCUT2D eigenvalue weighted by Gasteiger charge is -2.24. The Hall–Kier alpha value is -3.62. The van der Waals surface area contributed by atoms with Crippen LogP contribution >= 0.6 is 0 Å². The van der Waals surface area contributed by atoms with Gasteiger partial charge in [-0.3, -0.25) is 14.9 Å². The van der Waals surface area contributed by atoms with Crippen LogP contribution in [0, 0.1) is 12.8 Å². The fraction of sp³-hybridized carbons (Fsp3) is 0.346. The number of amides is 2. The van der Waals surface area contributed by atoms with Gasteiger partial charge in [0.15, 0.2) is 0 Å². The molecule has 0 spiro atoms. The van der Waals surface area contributed by atoms with E-state index in [2.05, 4.69) is 16.9 Å². The zero-order valence-electron chi connectivity index (χ0n) is 19.4. The van der Waals surface area contributed by atoms with E-state index in [1.807, 2.05) is 29.7 Å². The summed E-state index contributed by atoms with van der Waals surface area (Å²) in [5.41, 5.74) is 1.49. The minimum Gasteiger partial charge on any atom is -0.339 e. The lowest BCUT2D eigenvalue weighted by Crippen LogP contribution is -2.34. The highest BCUT2D eigenvalue weighted by atomic mass is 19.4. The number of carbonyl (C=O) groups is 2. The highest BCUT2D eigenvalue weighted by molar-refractivity contribution is 6.04. The molecule has 1 aromatic heterocycles. The van der Waals surface area contributed by atoms with Crippen LogP contribution in [-0.4, -0.2) is 39.4 Å². The average molecular weight is 485 g/mol. The number of alkyl halides is 3. The van der Waals surface area contributed by atoms with Gasteiger partial charge in [0.05, 0.1) is 16.6 Å². The fourth-order valence-corrected chi connectivity index (χ4v) is 4.62. The Morgan fingerprint density at radius 2 is 1.97 bits per heavy atom. The molecule has 2 heterocycles. The summed E-state index contributed by atoms with van der Waals surface area (Å²) in [6, 6.07) is 9.95. The number of aromatic nitrogens is 2. The van der Waals surface area contributed by atoms with E-state index >= 15 is 0 Å². The van der Waals surface area contributed by atoms with Crippen LogP contribution in [0.15, 0.2) is 55.1 Å². The normalized spacial score (nSPS) is 16.7. The van der Waals surface area contributed by atoms with E-state index in [0.717, 1.165) is 42.5 Å². The molecule has 9 heteroatoms. The summed E-state index contributed by atoms with van der Waals surface area (Å²) >= 11 is 0. The summed E-state index contributed by atoms with van der Waals surface area (Å²) in [6.45, 7) is 7.26. The number of aryl methyl sites for hydroxylation is 1. The Balaban J connectivity index is 1.66. The predicted molar refractivity (Wildman–Crippen MR) is 128 cm³/mol. The van der Waals surface area contributed by atoms with Crippen molar-refractivity contribution in [1.82, 2.24) is 14.5 Å². The summed E-state index contributed by atoms with van der Waals surface area (Å²) in [5.74, 6) is -0.401. The second-order valence-corrected chi connectivity index (χ2v) is 8.87. The van der Waals surface area contributed by atoms with Gasteiger partial charge >= 0.3 is 6.18 Å². The van der Waals surface area contributed by atoms with Crippen LogP contribution in [0.1, 0.15) is 40.7 Å². The van der Waals surface area contributed by atoms with Crippen LogP contribution in [0.3, 0.4) is 0 Å².